The molecule has 12 heteroatoms. The van der Waals surface area contributed by atoms with Gasteiger partial charge in [0.2, 0.25) is 17.7 Å². The second-order valence-corrected chi connectivity index (χ2v) is 10.5. The highest BCUT2D eigenvalue weighted by atomic mass is 16.4. The van der Waals surface area contributed by atoms with Gasteiger partial charge in [0.15, 0.2) is 5.96 Å². The van der Waals surface area contributed by atoms with Crippen molar-refractivity contribution in [1.29, 1.82) is 0 Å². The highest BCUT2D eigenvalue weighted by Gasteiger charge is 2.31. The second-order valence-electron chi connectivity index (χ2n) is 10.5. The van der Waals surface area contributed by atoms with Crippen molar-refractivity contribution in [3.63, 3.8) is 0 Å². The van der Waals surface area contributed by atoms with E-state index in [-0.39, 0.29) is 37.2 Å². The zero-order valence-corrected chi connectivity index (χ0v) is 23.4. The van der Waals surface area contributed by atoms with Crippen LogP contribution in [0.15, 0.2) is 35.3 Å². The number of benzene rings is 1. The van der Waals surface area contributed by atoms with Gasteiger partial charge in [-0.1, -0.05) is 58.0 Å². The van der Waals surface area contributed by atoms with Crippen LogP contribution < -0.4 is 33.2 Å². The quantitative estimate of drug-likeness (QED) is 0.0812. The van der Waals surface area contributed by atoms with Gasteiger partial charge >= 0.3 is 5.97 Å². The van der Waals surface area contributed by atoms with E-state index in [9.17, 15) is 24.3 Å². The Bertz CT molecular complexity index is 965. The third-order valence-electron chi connectivity index (χ3n) is 5.88. The summed E-state index contributed by atoms with van der Waals surface area (Å²) in [5.74, 6) is -2.87. The number of carbonyl (C=O) groups excluding carboxylic acids is 3. The number of nitrogens with one attached hydrogen (secondary N) is 3. The molecule has 0 aliphatic heterocycles. The molecule has 0 aliphatic rings. The number of carbonyl (C=O) groups is 4. The maximum Gasteiger partial charge on any atom is 0.326 e. The fourth-order valence-electron chi connectivity index (χ4n) is 3.95. The molecule has 0 aromatic heterocycles. The summed E-state index contributed by atoms with van der Waals surface area (Å²) < 4.78 is 0. The van der Waals surface area contributed by atoms with Gasteiger partial charge in [-0.2, -0.15) is 0 Å². The summed E-state index contributed by atoms with van der Waals surface area (Å²) in [5.41, 5.74) is 17.6. The maximum atomic E-state index is 13.3. The van der Waals surface area contributed by atoms with Crippen LogP contribution >= 0.6 is 0 Å². The van der Waals surface area contributed by atoms with Crippen LogP contribution in [0.25, 0.3) is 0 Å². The molecule has 0 aliphatic carbocycles. The number of rotatable bonds is 17. The smallest absolute Gasteiger partial charge is 0.326 e. The fourth-order valence-corrected chi connectivity index (χ4v) is 3.95. The molecule has 0 saturated heterocycles. The average Bonchev–Trinajstić information content (AvgIpc) is 2.84. The molecular weight excluding hydrogens is 502 g/mol. The highest BCUT2D eigenvalue weighted by molar-refractivity contribution is 5.94. The van der Waals surface area contributed by atoms with E-state index in [1.807, 2.05) is 58.0 Å². The number of carboxylic acid groups (broad SMARTS) is 1. The summed E-state index contributed by atoms with van der Waals surface area (Å²) in [5, 5.41) is 17.5. The van der Waals surface area contributed by atoms with Crippen molar-refractivity contribution in [3.05, 3.63) is 35.9 Å². The number of hydrogen-bond acceptors (Lipinski definition) is 6. The number of aliphatic carboxylic acids is 1. The third-order valence-corrected chi connectivity index (χ3v) is 5.88. The first-order chi connectivity index (χ1) is 18.3. The maximum absolute atomic E-state index is 13.3. The monoisotopic (exact) mass is 547 g/mol. The van der Waals surface area contributed by atoms with E-state index in [0.29, 0.717) is 19.3 Å². The summed E-state index contributed by atoms with van der Waals surface area (Å²) >= 11 is 0. The van der Waals surface area contributed by atoms with Crippen LogP contribution in [0.2, 0.25) is 0 Å². The second kappa shape index (κ2) is 17.0. The standard InChI is InChI=1S/C27H45N7O5/c1-16(2)13-21(33-23(35)19(28)15-18-9-6-5-7-10-18)25(37)34-22(14-17(3)4)24(36)32-20(26(38)39)11-8-12-31-27(29)30/h5-7,9-10,16-17,19-22H,8,11-15,28H2,1-4H3,(H,32,36)(H,33,35)(H,34,37)(H,38,39)(H4,29,30,31). The van der Waals surface area contributed by atoms with Crippen LogP contribution in [0.3, 0.4) is 0 Å². The summed E-state index contributed by atoms with van der Waals surface area (Å²) in [7, 11) is 0. The van der Waals surface area contributed by atoms with Crippen molar-refractivity contribution in [2.75, 3.05) is 6.54 Å². The Balaban J connectivity index is 2.93. The predicted molar refractivity (Wildman–Crippen MR) is 150 cm³/mol. The Hall–Kier alpha value is -3.67. The first kappa shape index (κ1) is 33.4. The number of carboxylic acids is 1. The Morgan fingerprint density at radius 1 is 0.821 bits per heavy atom. The van der Waals surface area contributed by atoms with Gasteiger partial charge in [-0.15, -0.1) is 0 Å². The molecule has 0 fully saturated rings. The minimum Gasteiger partial charge on any atom is -0.480 e. The van der Waals surface area contributed by atoms with Crippen molar-refractivity contribution in [1.82, 2.24) is 16.0 Å². The molecule has 10 N–H and O–H groups in total. The van der Waals surface area contributed by atoms with Crippen LogP contribution in [0.1, 0.15) is 58.9 Å². The molecule has 4 unspecified atom stereocenters. The topological polar surface area (TPSA) is 215 Å². The van der Waals surface area contributed by atoms with Crippen LogP contribution in [-0.2, 0) is 25.6 Å². The summed E-state index contributed by atoms with van der Waals surface area (Å²) in [6.45, 7) is 7.80. The third kappa shape index (κ3) is 13.6. The molecule has 39 heavy (non-hydrogen) atoms. The van der Waals surface area contributed by atoms with E-state index in [0.717, 1.165) is 5.56 Å². The van der Waals surface area contributed by atoms with Crippen LogP contribution in [0.5, 0.6) is 0 Å². The lowest BCUT2D eigenvalue weighted by atomic mass is 9.99. The summed E-state index contributed by atoms with van der Waals surface area (Å²) in [6.07, 6.45) is 1.34. The van der Waals surface area contributed by atoms with Gasteiger partial charge in [0.25, 0.3) is 0 Å². The Morgan fingerprint density at radius 3 is 1.77 bits per heavy atom. The Morgan fingerprint density at radius 2 is 1.31 bits per heavy atom. The SMILES string of the molecule is CC(C)CC(NC(=O)C(N)Cc1ccccc1)C(=O)NC(CC(C)C)C(=O)NC(CCCN=C(N)N)C(=O)O. The van der Waals surface area contributed by atoms with Crippen molar-refractivity contribution in [3.8, 4) is 0 Å². The first-order valence-corrected chi connectivity index (χ1v) is 13.3. The zero-order chi connectivity index (χ0) is 29.5. The molecule has 0 heterocycles. The number of amides is 3. The van der Waals surface area contributed by atoms with Gasteiger partial charge in [0.1, 0.15) is 18.1 Å². The van der Waals surface area contributed by atoms with Gasteiger partial charge in [-0.3, -0.25) is 19.4 Å². The minimum atomic E-state index is -1.21. The molecule has 0 radical (unpaired) electrons. The number of nitrogens with zero attached hydrogens (tertiary/aromatic N) is 1. The van der Waals surface area contributed by atoms with E-state index in [2.05, 4.69) is 20.9 Å². The van der Waals surface area contributed by atoms with Gasteiger partial charge in [0, 0.05) is 6.54 Å². The minimum absolute atomic E-state index is 0.0172. The van der Waals surface area contributed by atoms with Gasteiger partial charge < -0.3 is 38.3 Å². The van der Waals surface area contributed by atoms with Crippen molar-refractivity contribution in [2.45, 2.75) is 84.0 Å². The number of guanidine groups is 1. The van der Waals surface area contributed by atoms with Gasteiger partial charge in [0.05, 0.1) is 6.04 Å². The molecule has 0 spiro atoms. The highest BCUT2D eigenvalue weighted by Crippen LogP contribution is 2.11. The van der Waals surface area contributed by atoms with Crippen LogP contribution in [0.4, 0.5) is 0 Å². The number of hydrogen-bond donors (Lipinski definition) is 7. The van der Waals surface area contributed by atoms with Crippen LogP contribution in [-0.4, -0.2) is 65.5 Å². The van der Waals surface area contributed by atoms with E-state index >= 15 is 0 Å². The molecule has 218 valence electrons. The lowest BCUT2D eigenvalue weighted by Crippen LogP contribution is -2.57. The summed E-state index contributed by atoms with van der Waals surface area (Å²) in [6, 6.07) is 5.35. The first-order valence-electron chi connectivity index (χ1n) is 13.3. The van der Waals surface area contributed by atoms with E-state index < -0.39 is 47.9 Å². The normalized spacial score (nSPS) is 14.1. The summed E-state index contributed by atoms with van der Waals surface area (Å²) in [4.78, 5) is 54.8. The van der Waals surface area contributed by atoms with Crippen molar-refractivity contribution in [2.24, 2.45) is 34.0 Å². The molecule has 1 aromatic carbocycles. The average molecular weight is 548 g/mol. The lowest BCUT2D eigenvalue weighted by Gasteiger charge is -2.27. The van der Waals surface area contributed by atoms with E-state index in [4.69, 9.17) is 17.2 Å². The Labute approximate surface area is 230 Å². The van der Waals surface area contributed by atoms with Gasteiger partial charge in [-0.25, -0.2) is 4.79 Å². The molecule has 3 amide bonds. The number of nitrogens with two attached hydrogens (primary N) is 3. The molecular formula is C27H45N7O5. The number of aliphatic imine (C=N–C) groups is 1. The predicted octanol–water partition coefficient (Wildman–Crippen LogP) is 0.241. The van der Waals surface area contributed by atoms with Crippen molar-refractivity contribution < 1.29 is 24.3 Å². The molecule has 0 bridgehead atoms. The van der Waals surface area contributed by atoms with Crippen molar-refractivity contribution >= 4 is 29.7 Å². The lowest BCUT2D eigenvalue weighted by molar-refractivity contribution is -0.142. The fraction of sp³-hybridized carbons (Fsp3) is 0.593. The molecule has 0 saturated carbocycles. The largest absolute Gasteiger partial charge is 0.480 e. The Kier molecular flexibility index (Phi) is 14.6. The van der Waals surface area contributed by atoms with Gasteiger partial charge in [-0.05, 0) is 49.5 Å². The van der Waals surface area contributed by atoms with Crippen LogP contribution in [0, 0.1) is 11.8 Å². The van der Waals surface area contributed by atoms with E-state index in [1.54, 1.807) is 0 Å². The van der Waals surface area contributed by atoms with E-state index in [1.165, 1.54) is 0 Å². The molecule has 1 aromatic rings. The molecule has 1 rings (SSSR count). The zero-order valence-electron chi connectivity index (χ0n) is 23.4. The molecule has 12 nitrogen and oxygen atoms in total. The molecule has 4 atom stereocenters.